The molecule has 0 fully saturated rings. The first-order valence-corrected chi connectivity index (χ1v) is 5.10. The Hall–Kier alpha value is -0.710. The fourth-order valence-electron chi connectivity index (χ4n) is 1.21. The standard InChI is InChI=1S/C10H18F2O3/c1-7(10(14)15)9(13)5-3-2-4-8(12)6-11/h7-9,13H,2-6H2,1H3,(H,14,15)/t7-,8?,9-/m1/s1. The highest BCUT2D eigenvalue weighted by atomic mass is 19.2. The maximum atomic E-state index is 12.4. The minimum atomic E-state index is -1.43. The molecule has 0 aromatic rings. The van der Waals surface area contributed by atoms with Gasteiger partial charge in [-0.3, -0.25) is 4.79 Å². The van der Waals surface area contributed by atoms with Crippen LogP contribution in [0, 0.1) is 5.92 Å². The third-order valence-corrected chi connectivity index (χ3v) is 2.40. The molecule has 0 spiro atoms. The van der Waals surface area contributed by atoms with Crippen molar-refractivity contribution in [1.82, 2.24) is 0 Å². The third kappa shape index (κ3) is 6.38. The molecule has 0 aliphatic heterocycles. The van der Waals surface area contributed by atoms with E-state index in [0.717, 1.165) is 0 Å². The van der Waals surface area contributed by atoms with Gasteiger partial charge in [0.05, 0.1) is 12.0 Å². The van der Waals surface area contributed by atoms with Gasteiger partial charge in [0.2, 0.25) is 0 Å². The highest BCUT2D eigenvalue weighted by molar-refractivity contribution is 5.70. The molecule has 0 rings (SSSR count). The van der Waals surface area contributed by atoms with E-state index in [-0.39, 0.29) is 6.42 Å². The predicted octanol–water partition coefficient (Wildman–Crippen LogP) is 1.94. The van der Waals surface area contributed by atoms with E-state index in [0.29, 0.717) is 19.3 Å². The summed E-state index contributed by atoms with van der Waals surface area (Å²) in [5, 5.41) is 17.9. The van der Waals surface area contributed by atoms with Crippen LogP contribution < -0.4 is 0 Å². The molecule has 0 aromatic carbocycles. The highest BCUT2D eigenvalue weighted by Gasteiger charge is 2.20. The molecule has 0 aliphatic carbocycles. The number of hydrogen-bond donors (Lipinski definition) is 2. The number of hydrogen-bond acceptors (Lipinski definition) is 2. The van der Waals surface area contributed by atoms with Gasteiger partial charge in [-0.05, 0) is 19.8 Å². The van der Waals surface area contributed by atoms with Gasteiger partial charge in [-0.1, -0.05) is 12.8 Å². The van der Waals surface area contributed by atoms with Crippen LogP contribution in [0.1, 0.15) is 32.6 Å². The Labute approximate surface area is 88.1 Å². The van der Waals surface area contributed by atoms with Crippen molar-refractivity contribution < 1.29 is 23.8 Å². The molecule has 0 heterocycles. The van der Waals surface area contributed by atoms with Gasteiger partial charge in [-0.2, -0.15) is 0 Å². The largest absolute Gasteiger partial charge is 0.481 e. The number of aliphatic hydroxyl groups is 1. The fourth-order valence-corrected chi connectivity index (χ4v) is 1.21. The molecule has 0 saturated heterocycles. The summed E-state index contributed by atoms with van der Waals surface area (Å²) in [6, 6.07) is 0. The third-order valence-electron chi connectivity index (χ3n) is 2.40. The van der Waals surface area contributed by atoms with Crippen LogP contribution >= 0.6 is 0 Å². The van der Waals surface area contributed by atoms with Gasteiger partial charge in [-0.15, -0.1) is 0 Å². The first kappa shape index (κ1) is 14.3. The minimum Gasteiger partial charge on any atom is -0.481 e. The molecule has 0 aromatic heterocycles. The van der Waals surface area contributed by atoms with E-state index in [9.17, 15) is 18.7 Å². The lowest BCUT2D eigenvalue weighted by atomic mass is 9.99. The SMILES string of the molecule is C[C@@H](C(=O)O)[C@H](O)CCCCC(F)CF. The minimum absolute atomic E-state index is 0.130. The number of carboxylic acid groups (broad SMARTS) is 1. The summed E-state index contributed by atoms with van der Waals surface area (Å²) < 4.78 is 24.1. The second-order valence-electron chi connectivity index (χ2n) is 3.73. The van der Waals surface area contributed by atoms with Crippen molar-refractivity contribution in [3.05, 3.63) is 0 Å². The zero-order valence-corrected chi connectivity index (χ0v) is 8.83. The molecule has 3 atom stereocenters. The number of carbonyl (C=O) groups is 1. The molecule has 1 unspecified atom stereocenters. The Morgan fingerprint density at radius 1 is 1.33 bits per heavy atom. The molecule has 5 heteroatoms. The molecule has 0 saturated carbocycles. The first-order valence-electron chi connectivity index (χ1n) is 5.10. The van der Waals surface area contributed by atoms with E-state index in [1.54, 1.807) is 0 Å². The number of aliphatic hydroxyl groups excluding tert-OH is 1. The summed E-state index contributed by atoms with van der Waals surface area (Å²) in [4.78, 5) is 10.5. The fraction of sp³-hybridized carbons (Fsp3) is 0.900. The lowest BCUT2D eigenvalue weighted by Crippen LogP contribution is -2.25. The number of alkyl halides is 2. The molecular formula is C10H18F2O3. The normalized spacial score (nSPS) is 17.1. The van der Waals surface area contributed by atoms with Gasteiger partial charge in [-0.25, -0.2) is 8.78 Å². The van der Waals surface area contributed by atoms with Crippen molar-refractivity contribution in [1.29, 1.82) is 0 Å². The van der Waals surface area contributed by atoms with Gasteiger partial charge in [0.15, 0.2) is 0 Å². The number of rotatable bonds is 8. The maximum Gasteiger partial charge on any atom is 0.308 e. The summed E-state index contributed by atoms with van der Waals surface area (Å²) in [6.07, 6.45) is -0.921. The zero-order chi connectivity index (χ0) is 11.8. The van der Waals surface area contributed by atoms with E-state index in [2.05, 4.69) is 0 Å². The van der Waals surface area contributed by atoms with Crippen LogP contribution in [0.3, 0.4) is 0 Å². The molecule has 2 N–H and O–H groups in total. The summed E-state index contributed by atoms with van der Waals surface area (Å²) in [6.45, 7) is 0.445. The summed E-state index contributed by atoms with van der Waals surface area (Å²) in [5.41, 5.74) is 0. The number of aliphatic carboxylic acids is 1. The van der Waals surface area contributed by atoms with Gasteiger partial charge >= 0.3 is 5.97 Å². The number of carboxylic acids is 1. The Kier molecular flexibility index (Phi) is 7.21. The lowest BCUT2D eigenvalue weighted by molar-refractivity contribution is -0.144. The lowest BCUT2D eigenvalue weighted by Gasteiger charge is -2.14. The molecule has 3 nitrogen and oxygen atoms in total. The smallest absolute Gasteiger partial charge is 0.308 e. The molecule has 0 radical (unpaired) electrons. The van der Waals surface area contributed by atoms with Crippen molar-refractivity contribution in [3.63, 3.8) is 0 Å². The summed E-state index contributed by atoms with van der Waals surface area (Å²) in [5.74, 6) is -1.86. The van der Waals surface area contributed by atoms with Crippen molar-refractivity contribution in [2.24, 2.45) is 5.92 Å². The van der Waals surface area contributed by atoms with Crippen LogP contribution in [0.5, 0.6) is 0 Å². The van der Waals surface area contributed by atoms with Crippen molar-refractivity contribution in [3.8, 4) is 0 Å². The summed E-state index contributed by atoms with van der Waals surface area (Å²) in [7, 11) is 0. The number of halogens is 2. The van der Waals surface area contributed by atoms with E-state index >= 15 is 0 Å². The molecule has 0 bridgehead atoms. The van der Waals surface area contributed by atoms with Gasteiger partial charge in [0.25, 0.3) is 0 Å². The summed E-state index contributed by atoms with van der Waals surface area (Å²) >= 11 is 0. The molecule has 15 heavy (non-hydrogen) atoms. The molecular weight excluding hydrogens is 206 g/mol. The first-order chi connectivity index (χ1) is 6.99. The average molecular weight is 224 g/mol. The molecule has 0 aliphatic rings. The highest BCUT2D eigenvalue weighted by Crippen LogP contribution is 2.13. The van der Waals surface area contributed by atoms with Crippen molar-refractivity contribution >= 4 is 5.97 Å². The van der Waals surface area contributed by atoms with Gasteiger partial charge < -0.3 is 10.2 Å². The van der Waals surface area contributed by atoms with Crippen molar-refractivity contribution in [2.75, 3.05) is 6.67 Å². The van der Waals surface area contributed by atoms with Crippen LogP contribution in [0.25, 0.3) is 0 Å². The van der Waals surface area contributed by atoms with Crippen LogP contribution in [0.2, 0.25) is 0 Å². The average Bonchev–Trinajstić information content (AvgIpc) is 2.22. The topological polar surface area (TPSA) is 57.5 Å². The Bertz CT molecular complexity index is 188. The second kappa shape index (κ2) is 7.56. The monoisotopic (exact) mass is 224 g/mol. The van der Waals surface area contributed by atoms with Crippen molar-refractivity contribution in [2.45, 2.75) is 44.9 Å². The van der Waals surface area contributed by atoms with E-state index in [1.165, 1.54) is 6.92 Å². The van der Waals surface area contributed by atoms with Crippen LogP contribution in [-0.2, 0) is 4.79 Å². The van der Waals surface area contributed by atoms with Gasteiger partial charge in [0.1, 0.15) is 12.8 Å². The van der Waals surface area contributed by atoms with Crippen LogP contribution in [0.15, 0.2) is 0 Å². The van der Waals surface area contributed by atoms with Gasteiger partial charge in [0, 0.05) is 0 Å². The zero-order valence-electron chi connectivity index (χ0n) is 8.83. The number of unbranched alkanes of at least 4 members (excludes halogenated alkanes) is 1. The Balaban J connectivity index is 3.55. The molecule has 90 valence electrons. The van der Waals surface area contributed by atoms with E-state index in [4.69, 9.17) is 5.11 Å². The molecule has 0 amide bonds. The Morgan fingerprint density at radius 3 is 2.33 bits per heavy atom. The van der Waals surface area contributed by atoms with Crippen LogP contribution in [-0.4, -0.2) is 35.1 Å². The van der Waals surface area contributed by atoms with E-state index < -0.39 is 30.8 Å². The van der Waals surface area contributed by atoms with E-state index in [1.807, 2.05) is 0 Å². The Morgan fingerprint density at radius 2 is 1.87 bits per heavy atom. The second-order valence-corrected chi connectivity index (χ2v) is 3.73. The quantitative estimate of drug-likeness (QED) is 0.619. The maximum absolute atomic E-state index is 12.4. The van der Waals surface area contributed by atoms with Crippen LogP contribution in [0.4, 0.5) is 8.78 Å². The predicted molar refractivity (Wildman–Crippen MR) is 52.1 cm³/mol.